The first-order chi connectivity index (χ1) is 8.43. The lowest BCUT2D eigenvalue weighted by atomic mass is 9.70. The molecule has 2 aliphatic rings. The summed E-state index contributed by atoms with van der Waals surface area (Å²) in [6.45, 7) is 7.74. The smallest absolute Gasteiger partial charge is 0.203 e. The molecule has 2 N–H and O–H groups in total. The van der Waals surface area contributed by atoms with E-state index in [1.165, 1.54) is 30.6 Å². The van der Waals surface area contributed by atoms with Gasteiger partial charge in [-0.2, -0.15) is 0 Å². The van der Waals surface area contributed by atoms with E-state index in [0.29, 0.717) is 28.7 Å². The van der Waals surface area contributed by atoms with Gasteiger partial charge in [0.25, 0.3) is 0 Å². The van der Waals surface area contributed by atoms with Crippen LogP contribution < -0.4 is 5.73 Å². The topological polar surface area (TPSA) is 61.0 Å². The third-order valence-corrected chi connectivity index (χ3v) is 6.33. The van der Waals surface area contributed by atoms with Gasteiger partial charge in [0.1, 0.15) is 11.6 Å². The van der Waals surface area contributed by atoms with Crippen molar-refractivity contribution >= 4 is 16.5 Å². The molecule has 2 saturated carbocycles. The highest BCUT2D eigenvalue weighted by molar-refractivity contribution is 7.15. The average molecular weight is 267 g/mol. The highest BCUT2D eigenvalue weighted by Crippen LogP contribution is 2.66. The van der Waals surface area contributed by atoms with E-state index in [1.54, 1.807) is 0 Å². The van der Waals surface area contributed by atoms with Crippen molar-refractivity contribution < 1.29 is 4.74 Å². The van der Waals surface area contributed by atoms with Crippen LogP contribution in [0.15, 0.2) is 0 Å². The van der Waals surface area contributed by atoms with Crippen LogP contribution >= 0.6 is 11.3 Å². The molecule has 3 unspecified atom stereocenters. The first-order valence-electron chi connectivity index (χ1n) is 6.63. The summed E-state index contributed by atoms with van der Waals surface area (Å²) in [5, 5.41) is 9.25. The van der Waals surface area contributed by atoms with Crippen LogP contribution in [0.5, 0.6) is 0 Å². The minimum atomic E-state index is 0.313. The summed E-state index contributed by atoms with van der Waals surface area (Å²) in [5.74, 6) is 0.812. The number of ether oxygens (including phenoxy) is 1. The summed E-state index contributed by atoms with van der Waals surface area (Å²) in [4.78, 5) is 0. The van der Waals surface area contributed by atoms with Crippen LogP contribution in [0.25, 0.3) is 0 Å². The lowest BCUT2D eigenvalue weighted by molar-refractivity contribution is -0.0552. The minimum absolute atomic E-state index is 0.313. The molecule has 1 heterocycles. The van der Waals surface area contributed by atoms with Gasteiger partial charge in [-0.3, -0.25) is 0 Å². The van der Waals surface area contributed by atoms with Gasteiger partial charge in [0.2, 0.25) is 5.13 Å². The monoisotopic (exact) mass is 267 g/mol. The predicted molar refractivity (Wildman–Crippen MR) is 72.1 cm³/mol. The molecule has 4 nitrogen and oxygen atoms in total. The summed E-state index contributed by atoms with van der Waals surface area (Å²) in [6, 6.07) is 0. The largest absolute Gasteiger partial charge is 0.374 e. The van der Waals surface area contributed by atoms with Crippen LogP contribution in [0.2, 0.25) is 0 Å². The number of nitrogens with two attached hydrogens (primary N) is 1. The fourth-order valence-electron chi connectivity index (χ4n) is 3.88. The maximum Gasteiger partial charge on any atom is 0.203 e. The van der Waals surface area contributed by atoms with Crippen molar-refractivity contribution in [1.82, 2.24) is 10.2 Å². The van der Waals surface area contributed by atoms with Gasteiger partial charge in [-0.15, -0.1) is 10.2 Å². The number of hydrogen-bond donors (Lipinski definition) is 1. The normalized spacial score (nSPS) is 37.3. The van der Waals surface area contributed by atoms with Crippen molar-refractivity contribution in [2.45, 2.75) is 52.7 Å². The van der Waals surface area contributed by atoms with Crippen molar-refractivity contribution in [1.29, 1.82) is 0 Å². The SMILES string of the molecule is CC1(C)C2CCC1(C)C(OCc1nnc(N)s1)C2. The van der Waals surface area contributed by atoms with Gasteiger partial charge >= 0.3 is 0 Å². The Morgan fingerprint density at radius 1 is 1.39 bits per heavy atom. The Bertz CT molecular complexity index is 459. The second-order valence-corrected chi connectivity index (χ2v) is 7.54. The molecule has 0 spiro atoms. The average Bonchev–Trinajstić information content (AvgIpc) is 2.87. The van der Waals surface area contributed by atoms with E-state index in [4.69, 9.17) is 10.5 Å². The molecule has 3 rings (SSSR count). The molecule has 1 aromatic heterocycles. The molecule has 2 aliphatic carbocycles. The third kappa shape index (κ3) is 1.60. The molecule has 0 radical (unpaired) electrons. The van der Waals surface area contributed by atoms with Crippen LogP contribution in [-0.2, 0) is 11.3 Å². The van der Waals surface area contributed by atoms with E-state index in [-0.39, 0.29) is 0 Å². The lowest BCUT2D eigenvalue weighted by Gasteiger charge is -2.38. The van der Waals surface area contributed by atoms with Gasteiger partial charge < -0.3 is 10.5 Å². The molecule has 0 saturated heterocycles. The van der Waals surface area contributed by atoms with Crippen molar-refractivity contribution in [3.05, 3.63) is 5.01 Å². The van der Waals surface area contributed by atoms with E-state index in [9.17, 15) is 0 Å². The van der Waals surface area contributed by atoms with Crippen LogP contribution in [-0.4, -0.2) is 16.3 Å². The Morgan fingerprint density at radius 3 is 2.67 bits per heavy atom. The number of aromatic nitrogens is 2. The molecule has 0 aliphatic heterocycles. The van der Waals surface area contributed by atoms with Crippen LogP contribution in [0.1, 0.15) is 45.0 Å². The Labute approximate surface area is 112 Å². The molecule has 0 amide bonds. The molecule has 18 heavy (non-hydrogen) atoms. The number of nitrogen functional groups attached to an aromatic ring is 1. The fraction of sp³-hybridized carbons (Fsp3) is 0.846. The summed E-state index contributed by atoms with van der Waals surface area (Å²) in [6.07, 6.45) is 4.19. The standard InChI is InChI=1S/C13H21N3OS/c1-12(2)8-4-5-13(12,3)9(6-8)17-7-10-15-16-11(14)18-10/h8-9H,4-7H2,1-3H3,(H2,14,16). The van der Waals surface area contributed by atoms with Crippen LogP contribution in [0.3, 0.4) is 0 Å². The number of nitrogens with zero attached hydrogens (tertiary/aromatic N) is 2. The molecule has 0 aromatic carbocycles. The second-order valence-electron chi connectivity index (χ2n) is 6.44. The first kappa shape index (κ1) is 12.4. The predicted octanol–water partition coefficient (Wildman–Crippen LogP) is 2.85. The Kier molecular flexibility index (Phi) is 2.68. The molecule has 100 valence electrons. The third-order valence-electron chi connectivity index (χ3n) is 5.60. The van der Waals surface area contributed by atoms with Crippen molar-refractivity contribution in [2.75, 3.05) is 5.73 Å². The zero-order valence-electron chi connectivity index (χ0n) is 11.3. The summed E-state index contributed by atoms with van der Waals surface area (Å²) < 4.78 is 6.13. The summed E-state index contributed by atoms with van der Waals surface area (Å²) in [5.41, 5.74) is 6.30. The maximum atomic E-state index is 6.13. The Balaban J connectivity index is 1.69. The number of hydrogen-bond acceptors (Lipinski definition) is 5. The lowest BCUT2D eigenvalue weighted by Crippen LogP contribution is -2.37. The Hall–Kier alpha value is -0.680. The van der Waals surface area contributed by atoms with Gasteiger partial charge in [-0.1, -0.05) is 32.1 Å². The molecule has 3 atom stereocenters. The summed E-state index contributed by atoms with van der Waals surface area (Å²) in [7, 11) is 0. The van der Waals surface area contributed by atoms with Crippen LogP contribution in [0.4, 0.5) is 5.13 Å². The minimum Gasteiger partial charge on any atom is -0.374 e. The molecular weight excluding hydrogens is 246 g/mol. The van der Waals surface area contributed by atoms with Crippen molar-refractivity contribution in [2.24, 2.45) is 16.7 Å². The van der Waals surface area contributed by atoms with E-state index in [0.717, 1.165) is 10.9 Å². The number of anilines is 1. The molecule has 1 aromatic rings. The van der Waals surface area contributed by atoms with E-state index in [1.807, 2.05) is 0 Å². The number of fused-ring (bicyclic) bond motifs is 2. The molecule has 2 fully saturated rings. The summed E-state index contributed by atoms with van der Waals surface area (Å²) >= 11 is 1.42. The zero-order chi connectivity index (χ0) is 13.0. The highest BCUT2D eigenvalue weighted by atomic mass is 32.1. The van der Waals surface area contributed by atoms with Crippen LogP contribution in [0, 0.1) is 16.7 Å². The van der Waals surface area contributed by atoms with E-state index in [2.05, 4.69) is 31.0 Å². The van der Waals surface area contributed by atoms with Gasteiger partial charge in [0.05, 0.1) is 6.10 Å². The van der Waals surface area contributed by atoms with Gasteiger partial charge in [-0.05, 0) is 36.0 Å². The quantitative estimate of drug-likeness (QED) is 0.914. The molecule has 5 heteroatoms. The van der Waals surface area contributed by atoms with Crippen molar-refractivity contribution in [3.8, 4) is 0 Å². The zero-order valence-corrected chi connectivity index (χ0v) is 12.1. The second kappa shape index (κ2) is 3.90. The highest BCUT2D eigenvalue weighted by Gasteiger charge is 2.61. The molecular formula is C13H21N3OS. The van der Waals surface area contributed by atoms with Gasteiger partial charge in [-0.25, -0.2) is 0 Å². The first-order valence-corrected chi connectivity index (χ1v) is 7.44. The van der Waals surface area contributed by atoms with Gasteiger partial charge in [0, 0.05) is 0 Å². The molecule has 2 bridgehead atoms. The van der Waals surface area contributed by atoms with E-state index < -0.39 is 0 Å². The van der Waals surface area contributed by atoms with E-state index >= 15 is 0 Å². The van der Waals surface area contributed by atoms with Gasteiger partial charge in [0.15, 0.2) is 0 Å². The van der Waals surface area contributed by atoms with Crippen molar-refractivity contribution in [3.63, 3.8) is 0 Å². The Morgan fingerprint density at radius 2 is 2.17 bits per heavy atom. The number of rotatable bonds is 3. The fourth-order valence-corrected chi connectivity index (χ4v) is 4.41. The maximum absolute atomic E-state index is 6.13.